The van der Waals surface area contributed by atoms with Gasteiger partial charge in [0.15, 0.2) is 0 Å². The lowest BCUT2D eigenvalue weighted by molar-refractivity contribution is 0.455. The molecule has 16 heavy (non-hydrogen) atoms. The van der Waals surface area contributed by atoms with Crippen LogP contribution in [0.2, 0.25) is 0 Å². The van der Waals surface area contributed by atoms with E-state index in [1.807, 2.05) is 6.20 Å². The first-order chi connectivity index (χ1) is 7.83. The Bertz CT molecular complexity index is 500. The van der Waals surface area contributed by atoms with Crippen molar-refractivity contribution in [3.8, 4) is 0 Å². The summed E-state index contributed by atoms with van der Waals surface area (Å²) in [6.45, 7) is 2.24. The molecule has 1 saturated heterocycles. The van der Waals surface area contributed by atoms with Crippen molar-refractivity contribution in [3.05, 3.63) is 28.5 Å². The van der Waals surface area contributed by atoms with Crippen molar-refractivity contribution in [3.63, 3.8) is 0 Å². The maximum absolute atomic E-state index is 4.40. The lowest BCUT2D eigenvalue weighted by Crippen LogP contribution is -2.26. The molecule has 0 aliphatic carbocycles. The summed E-state index contributed by atoms with van der Waals surface area (Å²) in [7, 11) is 0. The third-order valence-corrected chi connectivity index (χ3v) is 3.67. The number of pyridine rings is 1. The zero-order chi connectivity index (χ0) is 11.0. The van der Waals surface area contributed by atoms with Crippen LogP contribution < -0.4 is 5.32 Å². The molecule has 2 aromatic heterocycles. The first-order valence-electron chi connectivity index (χ1n) is 5.68. The number of halogens is 1. The van der Waals surface area contributed by atoms with Gasteiger partial charge in [-0.1, -0.05) is 0 Å². The van der Waals surface area contributed by atoms with Gasteiger partial charge in [0.2, 0.25) is 0 Å². The fourth-order valence-corrected chi connectivity index (χ4v) is 2.69. The number of piperidine rings is 1. The molecule has 4 heteroatoms. The number of aromatic nitrogens is 2. The van der Waals surface area contributed by atoms with E-state index >= 15 is 0 Å². The van der Waals surface area contributed by atoms with Crippen LogP contribution >= 0.6 is 15.9 Å². The summed E-state index contributed by atoms with van der Waals surface area (Å²) in [4.78, 5) is 7.89. The van der Waals surface area contributed by atoms with Crippen LogP contribution in [-0.2, 0) is 0 Å². The molecule has 3 rings (SSSR count). The van der Waals surface area contributed by atoms with Crippen LogP contribution in [0.5, 0.6) is 0 Å². The van der Waals surface area contributed by atoms with Crippen molar-refractivity contribution in [1.29, 1.82) is 0 Å². The van der Waals surface area contributed by atoms with E-state index in [2.05, 4.69) is 43.3 Å². The zero-order valence-electron chi connectivity index (χ0n) is 8.96. The molecule has 1 aliphatic heterocycles. The molecule has 0 radical (unpaired) electrons. The highest BCUT2D eigenvalue weighted by atomic mass is 79.9. The number of hydrogen-bond acceptors (Lipinski definition) is 2. The largest absolute Gasteiger partial charge is 0.357 e. The molecule has 84 valence electrons. The van der Waals surface area contributed by atoms with Gasteiger partial charge in [-0.25, -0.2) is 0 Å². The van der Waals surface area contributed by atoms with Crippen LogP contribution in [-0.4, -0.2) is 23.1 Å². The Morgan fingerprint density at radius 3 is 2.88 bits per heavy atom. The Morgan fingerprint density at radius 2 is 2.06 bits per heavy atom. The smallest absolute Gasteiger partial charge is 0.0882 e. The number of fused-ring (bicyclic) bond motifs is 1. The summed E-state index contributed by atoms with van der Waals surface area (Å²) in [5.74, 6) is 0.661. The lowest BCUT2D eigenvalue weighted by Gasteiger charge is -2.21. The Kier molecular flexibility index (Phi) is 2.69. The van der Waals surface area contributed by atoms with Crippen molar-refractivity contribution in [1.82, 2.24) is 15.3 Å². The van der Waals surface area contributed by atoms with E-state index in [0.29, 0.717) is 5.92 Å². The Morgan fingerprint density at radius 1 is 1.25 bits per heavy atom. The van der Waals surface area contributed by atoms with Crippen LogP contribution in [0.25, 0.3) is 11.0 Å². The summed E-state index contributed by atoms with van der Waals surface area (Å²) in [6.07, 6.45) is 4.28. The molecular formula is C12H14BrN3. The van der Waals surface area contributed by atoms with Gasteiger partial charge in [0.25, 0.3) is 0 Å². The summed E-state index contributed by atoms with van der Waals surface area (Å²) in [6, 6.07) is 4.28. The number of hydrogen-bond donors (Lipinski definition) is 2. The van der Waals surface area contributed by atoms with E-state index in [4.69, 9.17) is 0 Å². The minimum atomic E-state index is 0.661. The molecule has 2 aromatic rings. The third kappa shape index (κ3) is 1.87. The first kappa shape index (κ1) is 10.3. The second-order valence-corrected chi connectivity index (χ2v) is 5.25. The van der Waals surface area contributed by atoms with Crippen molar-refractivity contribution in [2.45, 2.75) is 18.8 Å². The van der Waals surface area contributed by atoms with Gasteiger partial charge in [-0.15, -0.1) is 0 Å². The van der Waals surface area contributed by atoms with E-state index in [1.165, 1.54) is 18.5 Å². The van der Waals surface area contributed by atoms with Crippen LogP contribution in [0.1, 0.15) is 24.5 Å². The predicted molar refractivity (Wildman–Crippen MR) is 68.6 cm³/mol. The van der Waals surface area contributed by atoms with E-state index in [9.17, 15) is 0 Å². The lowest BCUT2D eigenvalue weighted by atomic mass is 9.95. The van der Waals surface area contributed by atoms with Crippen LogP contribution in [0.4, 0.5) is 0 Å². The average molecular weight is 280 g/mol. The van der Waals surface area contributed by atoms with Crippen LogP contribution in [0.15, 0.2) is 22.8 Å². The standard InChI is InChI=1S/C12H14BrN3/c13-9-5-12-11(15-7-9)6-10(16-12)8-1-3-14-4-2-8/h5-8,14,16H,1-4H2. The Balaban J connectivity index is 1.97. The number of rotatable bonds is 1. The van der Waals surface area contributed by atoms with Gasteiger partial charge in [0.05, 0.1) is 11.0 Å². The number of nitrogens with zero attached hydrogens (tertiary/aromatic N) is 1. The maximum atomic E-state index is 4.40. The van der Waals surface area contributed by atoms with Crippen LogP contribution in [0, 0.1) is 0 Å². The minimum Gasteiger partial charge on any atom is -0.357 e. The molecule has 0 spiro atoms. The monoisotopic (exact) mass is 279 g/mol. The molecule has 0 amide bonds. The summed E-state index contributed by atoms with van der Waals surface area (Å²) >= 11 is 3.45. The van der Waals surface area contributed by atoms with E-state index < -0.39 is 0 Å². The maximum Gasteiger partial charge on any atom is 0.0882 e. The van der Waals surface area contributed by atoms with Gasteiger partial charge in [0.1, 0.15) is 0 Å². The Labute approximate surface area is 103 Å². The van der Waals surface area contributed by atoms with Gasteiger partial charge in [-0.3, -0.25) is 4.98 Å². The van der Waals surface area contributed by atoms with Crippen LogP contribution in [0.3, 0.4) is 0 Å². The SMILES string of the molecule is Brc1cnc2cc(C3CCNCC3)[nH]c2c1. The molecule has 0 aromatic carbocycles. The fourth-order valence-electron chi connectivity index (χ4n) is 2.36. The Hall–Kier alpha value is -0.870. The highest BCUT2D eigenvalue weighted by Crippen LogP contribution is 2.27. The van der Waals surface area contributed by atoms with Crippen molar-refractivity contribution >= 4 is 27.0 Å². The molecule has 3 nitrogen and oxygen atoms in total. The molecule has 0 saturated carbocycles. The molecule has 2 N–H and O–H groups in total. The zero-order valence-corrected chi connectivity index (χ0v) is 10.5. The highest BCUT2D eigenvalue weighted by Gasteiger charge is 2.17. The van der Waals surface area contributed by atoms with Crippen molar-refractivity contribution < 1.29 is 0 Å². The molecule has 1 aliphatic rings. The van der Waals surface area contributed by atoms with Crippen molar-refractivity contribution in [2.24, 2.45) is 0 Å². The molecule has 3 heterocycles. The molecule has 0 bridgehead atoms. The van der Waals surface area contributed by atoms with E-state index in [1.54, 1.807) is 0 Å². The number of H-pyrrole nitrogens is 1. The average Bonchev–Trinajstić information content (AvgIpc) is 2.73. The first-order valence-corrected chi connectivity index (χ1v) is 6.47. The normalized spacial score (nSPS) is 18.1. The van der Waals surface area contributed by atoms with Gasteiger partial charge in [0, 0.05) is 22.3 Å². The van der Waals surface area contributed by atoms with E-state index in [0.717, 1.165) is 28.6 Å². The highest BCUT2D eigenvalue weighted by molar-refractivity contribution is 9.10. The van der Waals surface area contributed by atoms with Gasteiger partial charge in [-0.05, 0) is 54.0 Å². The van der Waals surface area contributed by atoms with Gasteiger partial charge in [-0.2, -0.15) is 0 Å². The van der Waals surface area contributed by atoms with Crippen molar-refractivity contribution in [2.75, 3.05) is 13.1 Å². The quantitative estimate of drug-likeness (QED) is 0.843. The molecular weight excluding hydrogens is 266 g/mol. The second kappa shape index (κ2) is 4.18. The summed E-state index contributed by atoms with van der Waals surface area (Å²) in [5.41, 5.74) is 3.53. The predicted octanol–water partition coefficient (Wildman–Crippen LogP) is 2.79. The molecule has 0 unspecified atom stereocenters. The number of aromatic amines is 1. The van der Waals surface area contributed by atoms with Gasteiger partial charge < -0.3 is 10.3 Å². The van der Waals surface area contributed by atoms with Gasteiger partial charge >= 0.3 is 0 Å². The summed E-state index contributed by atoms with van der Waals surface area (Å²) < 4.78 is 1.03. The topological polar surface area (TPSA) is 40.7 Å². The fraction of sp³-hybridized carbons (Fsp3) is 0.417. The molecule has 1 fully saturated rings. The summed E-state index contributed by atoms with van der Waals surface area (Å²) in [5, 5.41) is 3.39. The second-order valence-electron chi connectivity index (χ2n) is 4.34. The minimum absolute atomic E-state index is 0.661. The number of nitrogens with one attached hydrogen (secondary N) is 2. The molecule has 0 atom stereocenters. The third-order valence-electron chi connectivity index (χ3n) is 3.24. The van der Waals surface area contributed by atoms with E-state index in [-0.39, 0.29) is 0 Å².